The number of rotatable bonds is 8. The lowest BCUT2D eigenvalue weighted by atomic mass is 10.2. The molecule has 1 aromatic rings. The first-order chi connectivity index (χ1) is 8.95. The summed E-state index contributed by atoms with van der Waals surface area (Å²) in [5, 5.41) is 9.23. The standard InChI is InChI=1S/C13H22NO4P/c1-18-13(15)8-7-12(14)19(16,17)10-9-11-5-3-2-4-6-11/h2-6,12-13,15H,7-10,14H2,1H3,(H,16,17). The Hall–Kier alpha value is -0.710. The number of aliphatic hydroxyl groups excluding tert-OH is 1. The van der Waals surface area contributed by atoms with Crippen molar-refractivity contribution in [3.8, 4) is 0 Å². The zero-order chi connectivity index (χ0) is 14.3. The van der Waals surface area contributed by atoms with E-state index in [0.29, 0.717) is 6.42 Å². The van der Waals surface area contributed by atoms with Crippen molar-refractivity contribution in [2.24, 2.45) is 5.73 Å². The van der Waals surface area contributed by atoms with Gasteiger partial charge in [0.15, 0.2) is 6.29 Å². The molecule has 0 aliphatic rings. The topological polar surface area (TPSA) is 92.8 Å². The molecule has 0 amide bonds. The number of hydrogen-bond donors (Lipinski definition) is 3. The summed E-state index contributed by atoms with van der Waals surface area (Å²) in [5.74, 6) is -0.819. The molecule has 19 heavy (non-hydrogen) atoms. The van der Waals surface area contributed by atoms with E-state index in [2.05, 4.69) is 4.74 Å². The molecule has 0 radical (unpaired) electrons. The number of ether oxygens (including phenoxy) is 1. The minimum atomic E-state index is -3.40. The van der Waals surface area contributed by atoms with Gasteiger partial charge in [0.2, 0.25) is 7.37 Å². The maximum atomic E-state index is 12.1. The Morgan fingerprint density at radius 1 is 1.32 bits per heavy atom. The molecule has 0 bridgehead atoms. The van der Waals surface area contributed by atoms with Gasteiger partial charge in [-0.25, -0.2) is 0 Å². The van der Waals surface area contributed by atoms with Crippen LogP contribution in [0.4, 0.5) is 0 Å². The SMILES string of the molecule is COC(O)CCC(N)P(=O)(O)CCc1ccccc1. The van der Waals surface area contributed by atoms with Gasteiger partial charge in [-0.15, -0.1) is 0 Å². The van der Waals surface area contributed by atoms with Crippen molar-refractivity contribution in [3.63, 3.8) is 0 Å². The molecule has 3 atom stereocenters. The minimum Gasteiger partial charge on any atom is -0.368 e. The molecule has 1 rings (SSSR count). The summed E-state index contributed by atoms with van der Waals surface area (Å²) in [6.07, 6.45) is 0.266. The van der Waals surface area contributed by atoms with E-state index in [1.165, 1.54) is 7.11 Å². The summed E-state index contributed by atoms with van der Waals surface area (Å²) in [4.78, 5) is 9.94. The van der Waals surface area contributed by atoms with Crippen molar-refractivity contribution in [2.75, 3.05) is 13.3 Å². The lowest BCUT2D eigenvalue weighted by Gasteiger charge is -2.20. The van der Waals surface area contributed by atoms with Gasteiger partial charge in [-0.2, -0.15) is 0 Å². The lowest BCUT2D eigenvalue weighted by molar-refractivity contribution is -0.0791. The molecule has 0 aliphatic heterocycles. The zero-order valence-corrected chi connectivity index (χ0v) is 12.0. The smallest absolute Gasteiger partial charge is 0.217 e. The summed E-state index contributed by atoms with van der Waals surface area (Å²) in [6, 6.07) is 9.53. The van der Waals surface area contributed by atoms with E-state index in [9.17, 15) is 14.6 Å². The van der Waals surface area contributed by atoms with Gasteiger partial charge in [-0.05, 0) is 18.4 Å². The van der Waals surface area contributed by atoms with E-state index >= 15 is 0 Å². The van der Waals surface area contributed by atoms with E-state index in [4.69, 9.17) is 5.73 Å². The highest BCUT2D eigenvalue weighted by molar-refractivity contribution is 7.58. The van der Waals surface area contributed by atoms with Crippen LogP contribution in [0.5, 0.6) is 0 Å². The van der Waals surface area contributed by atoms with Gasteiger partial charge in [0, 0.05) is 19.7 Å². The van der Waals surface area contributed by atoms with Crippen molar-refractivity contribution < 1.29 is 19.3 Å². The third kappa shape index (κ3) is 5.85. The normalized spacial score (nSPS) is 17.7. The summed E-state index contributed by atoms with van der Waals surface area (Å²) in [5.41, 5.74) is 6.75. The lowest BCUT2D eigenvalue weighted by Crippen LogP contribution is -2.24. The Labute approximate surface area is 113 Å². The number of nitrogens with two attached hydrogens (primary N) is 1. The number of methoxy groups -OCH3 is 1. The molecule has 0 saturated carbocycles. The van der Waals surface area contributed by atoms with Crippen LogP contribution in [0.3, 0.4) is 0 Å². The van der Waals surface area contributed by atoms with Crippen LogP contribution >= 0.6 is 7.37 Å². The van der Waals surface area contributed by atoms with Crippen LogP contribution in [0.25, 0.3) is 0 Å². The van der Waals surface area contributed by atoms with Crippen molar-refractivity contribution >= 4 is 7.37 Å². The van der Waals surface area contributed by atoms with E-state index in [1.807, 2.05) is 30.3 Å². The highest BCUT2D eigenvalue weighted by Gasteiger charge is 2.27. The molecule has 1 aromatic carbocycles. The second-order valence-corrected chi connectivity index (χ2v) is 7.17. The third-order valence-corrected chi connectivity index (χ3v) is 5.22. The molecule has 108 valence electrons. The van der Waals surface area contributed by atoms with E-state index in [-0.39, 0.29) is 19.0 Å². The van der Waals surface area contributed by atoms with Crippen LogP contribution in [0.2, 0.25) is 0 Å². The summed E-state index contributed by atoms with van der Waals surface area (Å²) >= 11 is 0. The van der Waals surface area contributed by atoms with Crippen molar-refractivity contribution in [2.45, 2.75) is 31.3 Å². The number of aryl methyl sites for hydroxylation is 1. The van der Waals surface area contributed by atoms with Crippen LogP contribution in [0.15, 0.2) is 30.3 Å². The molecule has 0 saturated heterocycles. The highest BCUT2D eigenvalue weighted by Crippen LogP contribution is 2.46. The second-order valence-electron chi connectivity index (χ2n) is 4.55. The predicted octanol–water partition coefficient (Wildman–Crippen LogP) is 1.53. The number of hydrogen-bond acceptors (Lipinski definition) is 4. The number of benzene rings is 1. The van der Waals surface area contributed by atoms with Gasteiger partial charge in [0.05, 0.1) is 5.78 Å². The second kappa shape index (κ2) is 7.78. The highest BCUT2D eigenvalue weighted by atomic mass is 31.2. The van der Waals surface area contributed by atoms with Crippen molar-refractivity contribution in [1.29, 1.82) is 0 Å². The van der Waals surface area contributed by atoms with E-state index in [1.54, 1.807) is 0 Å². The molecule has 0 heterocycles. The van der Waals surface area contributed by atoms with E-state index < -0.39 is 19.4 Å². The largest absolute Gasteiger partial charge is 0.368 e. The fourth-order valence-corrected chi connectivity index (χ4v) is 3.20. The first kappa shape index (κ1) is 16.3. The van der Waals surface area contributed by atoms with Gasteiger partial charge < -0.3 is 20.5 Å². The third-order valence-electron chi connectivity index (χ3n) is 3.06. The van der Waals surface area contributed by atoms with Crippen LogP contribution in [-0.2, 0) is 15.7 Å². The van der Waals surface area contributed by atoms with Crippen molar-refractivity contribution in [3.05, 3.63) is 35.9 Å². The average molecular weight is 287 g/mol. The van der Waals surface area contributed by atoms with Gasteiger partial charge >= 0.3 is 0 Å². The fraction of sp³-hybridized carbons (Fsp3) is 0.538. The first-order valence-electron chi connectivity index (χ1n) is 6.27. The molecule has 0 fully saturated rings. The maximum Gasteiger partial charge on any atom is 0.217 e. The van der Waals surface area contributed by atoms with Crippen molar-refractivity contribution in [1.82, 2.24) is 0 Å². The Morgan fingerprint density at radius 2 is 1.95 bits per heavy atom. The fourth-order valence-electron chi connectivity index (χ4n) is 1.73. The average Bonchev–Trinajstić information content (AvgIpc) is 2.43. The molecular weight excluding hydrogens is 265 g/mol. The molecular formula is C13H22NO4P. The Kier molecular flexibility index (Phi) is 6.69. The van der Waals surface area contributed by atoms with E-state index in [0.717, 1.165) is 5.56 Å². The summed E-state index contributed by atoms with van der Waals surface area (Å²) < 4.78 is 16.8. The predicted molar refractivity (Wildman–Crippen MR) is 75.1 cm³/mol. The molecule has 0 aliphatic carbocycles. The molecule has 0 spiro atoms. The maximum absolute atomic E-state index is 12.1. The number of aliphatic hydroxyl groups is 1. The molecule has 3 unspecified atom stereocenters. The quantitative estimate of drug-likeness (QED) is 0.498. The van der Waals surface area contributed by atoms with Crippen LogP contribution in [0.1, 0.15) is 18.4 Å². The van der Waals surface area contributed by atoms with Crippen LogP contribution < -0.4 is 5.73 Å². The summed E-state index contributed by atoms with van der Waals surface area (Å²) in [6.45, 7) is 0. The molecule has 0 aromatic heterocycles. The Bertz CT molecular complexity index is 412. The Morgan fingerprint density at radius 3 is 2.53 bits per heavy atom. The Balaban J connectivity index is 2.44. The molecule has 5 nitrogen and oxygen atoms in total. The van der Waals surface area contributed by atoms with Crippen LogP contribution in [0, 0.1) is 0 Å². The van der Waals surface area contributed by atoms with Gasteiger partial charge in [-0.3, -0.25) is 4.57 Å². The first-order valence-corrected chi connectivity index (χ1v) is 8.19. The summed E-state index contributed by atoms with van der Waals surface area (Å²) in [7, 11) is -2.03. The zero-order valence-electron chi connectivity index (χ0n) is 11.1. The molecule has 4 N–H and O–H groups in total. The minimum absolute atomic E-state index is 0.154. The van der Waals surface area contributed by atoms with Gasteiger partial charge in [0.25, 0.3) is 0 Å². The van der Waals surface area contributed by atoms with Gasteiger partial charge in [0.1, 0.15) is 0 Å². The van der Waals surface area contributed by atoms with Gasteiger partial charge in [-0.1, -0.05) is 30.3 Å². The van der Waals surface area contributed by atoms with Crippen LogP contribution in [-0.4, -0.2) is 35.3 Å². The molecule has 6 heteroatoms. The monoisotopic (exact) mass is 287 g/mol.